The van der Waals surface area contributed by atoms with Crippen LogP contribution in [0.5, 0.6) is 23.0 Å². The van der Waals surface area contributed by atoms with Crippen molar-refractivity contribution in [2.75, 3.05) is 0 Å². The molecule has 1 aliphatic heterocycles. The zero-order valence-corrected chi connectivity index (χ0v) is 13.3. The molecule has 0 saturated carbocycles. The molecule has 1 heterocycles. The molecule has 1 aliphatic rings. The van der Waals surface area contributed by atoms with Crippen molar-refractivity contribution in [3.63, 3.8) is 0 Å². The molecule has 4 rings (SSSR count). The molecule has 1 atom stereocenters. The van der Waals surface area contributed by atoms with Gasteiger partial charge in [0.15, 0.2) is 0 Å². The third kappa shape index (κ3) is 1.99. The molecule has 1 unspecified atom stereocenters. The minimum Gasteiger partial charge on any atom is -0.508 e. The summed E-state index contributed by atoms with van der Waals surface area (Å²) in [5.41, 5.74) is 1.28. The van der Waals surface area contributed by atoms with Crippen LogP contribution in [-0.2, 0) is 4.57 Å². The van der Waals surface area contributed by atoms with Gasteiger partial charge < -0.3 is 19.8 Å². The molecule has 0 aromatic heterocycles. The Hall–Kier alpha value is -2.91. The number of aromatic hydroxyl groups is 3. The van der Waals surface area contributed by atoms with Gasteiger partial charge in [-0.05, 0) is 30.3 Å². The molecule has 0 aliphatic carbocycles. The van der Waals surface area contributed by atoms with Gasteiger partial charge in [-0.1, -0.05) is 30.3 Å². The lowest BCUT2D eigenvalue weighted by Crippen LogP contribution is -2.25. The molecule has 0 saturated heterocycles. The van der Waals surface area contributed by atoms with Crippen LogP contribution in [-0.4, -0.2) is 15.3 Å². The van der Waals surface area contributed by atoms with E-state index in [-0.39, 0.29) is 27.9 Å². The van der Waals surface area contributed by atoms with Crippen LogP contribution in [0.15, 0.2) is 60.7 Å². The number of para-hydroxylation sites is 1. The van der Waals surface area contributed by atoms with Gasteiger partial charge in [-0.15, -0.1) is 0 Å². The molecule has 5 nitrogen and oxygen atoms in total. The van der Waals surface area contributed by atoms with E-state index in [1.807, 2.05) is 6.07 Å². The van der Waals surface area contributed by atoms with Crippen LogP contribution in [0.2, 0.25) is 0 Å². The van der Waals surface area contributed by atoms with Crippen LogP contribution in [0.1, 0.15) is 0 Å². The topological polar surface area (TPSA) is 87.0 Å². The monoisotopic (exact) mass is 340 g/mol. The first-order valence-electron chi connectivity index (χ1n) is 7.25. The smallest absolute Gasteiger partial charge is 0.314 e. The molecule has 3 aromatic carbocycles. The lowest BCUT2D eigenvalue weighted by molar-refractivity contribution is 0.457. The predicted molar refractivity (Wildman–Crippen MR) is 90.8 cm³/mol. The van der Waals surface area contributed by atoms with E-state index >= 15 is 0 Å². The Bertz CT molecular complexity index is 1010. The fraction of sp³-hybridized carbons (Fsp3) is 0. The first-order chi connectivity index (χ1) is 11.5. The van der Waals surface area contributed by atoms with Crippen molar-refractivity contribution in [1.29, 1.82) is 0 Å². The zero-order valence-electron chi connectivity index (χ0n) is 12.4. The molecule has 3 aromatic rings. The Kier molecular flexibility index (Phi) is 3.08. The number of phenols is 3. The Balaban J connectivity index is 2.09. The Morgan fingerprint density at radius 1 is 0.792 bits per heavy atom. The van der Waals surface area contributed by atoms with E-state index in [1.165, 1.54) is 24.3 Å². The van der Waals surface area contributed by atoms with E-state index in [9.17, 15) is 19.9 Å². The Morgan fingerprint density at radius 3 is 2.38 bits per heavy atom. The molecular weight excluding hydrogens is 327 g/mol. The van der Waals surface area contributed by atoms with Crippen molar-refractivity contribution >= 4 is 18.0 Å². The van der Waals surface area contributed by atoms with Crippen LogP contribution in [0, 0.1) is 0 Å². The Labute approximate surface area is 137 Å². The summed E-state index contributed by atoms with van der Waals surface area (Å²) in [6.45, 7) is 0. The first kappa shape index (κ1) is 14.7. The van der Waals surface area contributed by atoms with Crippen LogP contribution in [0.25, 0.3) is 11.1 Å². The van der Waals surface area contributed by atoms with Crippen LogP contribution in [0.4, 0.5) is 0 Å². The number of benzene rings is 3. The average Bonchev–Trinajstić information content (AvgIpc) is 2.57. The molecule has 3 N–H and O–H groups in total. The summed E-state index contributed by atoms with van der Waals surface area (Å²) in [4.78, 5) is 0. The quantitative estimate of drug-likeness (QED) is 0.468. The largest absolute Gasteiger partial charge is 0.508 e. The second-order valence-electron chi connectivity index (χ2n) is 5.49. The molecular formula is C18H13O5P. The van der Waals surface area contributed by atoms with Gasteiger partial charge in [0.2, 0.25) is 0 Å². The van der Waals surface area contributed by atoms with E-state index in [1.54, 1.807) is 30.3 Å². The lowest BCUT2D eigenvalue weighted by Gasteiger charge is -2.29. The van der Waals surface area contributed by atoms with Gasteiger partial charge >= 0.3 is 7.37 Å². The van der Waals surface area contributed by atoms with Gasteiger partial charge in [-0.25, -0.2) is 0 Å². The van der Waals surface area contributed by atoms with E-state index < -0.39 is 7.37 Å². The van der Waals surface area contributed by atoms with Gasteiger partial charge in [-0.3, -0.25) is 4.57 Å². The molecule has 0 spiro atoms. The Morgan fingerprint density at radius 2 is 1.54 bits per heavy atom. The minimum atomic E-state index is -3.85. The molecule has 0 amide bonds. The SMILES string of the molecule is O=P1(c2cc(O)ccc2O)Oc2ccccc2-c2cccc(O)c21. The third-order valence-corrected chi connectivity index (χ3v) is 6.49. The number of fused-ring (bicyclic) bond motifs is 3. The highest BCUT2D eigenvalue weighted by Gasteiger charge is 2.42. The molecule has 24 heavy (non-hydrogen) atoms. The highest BCUT2D eigenvalue weighted by atomic mass is 31.2. The summed E-state index contributed by atoms with van der Waals surface area (Å²) >= 11 is 0. The normalized spacial score (nSPS) is 18.3. The van der Waals surface area contributed by atoms with Crippen LogP contribution >= 0.6 is 7.37 Å². The summed E-state index contributed by atoms with van der Waals surface area (Å²) in [5, 5.41) is 30.3. The number of hydrogen-bond donors (Lipinski definition) is 3. The average molecular weight is 340 g/mol. The molecule has 120 valence electrons. The van der Waals surface area contributed by atoms with Gasteiger partial charge in [0.1, 0.15) is 28.3 Å². The van der Waals surface area contributed by atoms with E-state index in [0.717, 1.165) is 0 Å². The maximum absolute atomic E-state index is 13.8. The lowest BCUT2D eigenvalue weighted by atomic mass is 10.0. The van der Waals surface area contributed by atoms with Gasteiger partial charge in [0.05, 0.1) is 5.30 Å². The molecule has 0 fully saturated rings. The number of rotatable bonds is 1. The summed E-state index contributed by atoms with van der Waals surface area (Å²) in [7, 11) is -3.85. The van der Waals surface area contributed by atoms with Crippen molar-refractivity contribution in [1.82, 2.24) is 0 Å². The molecule has 6 heteroatoms. The van der Waals surface area contributed by atoms with E-state index in [2.05, 4.69) is 0 Å². The fourth-order valence-corrected chi connectivity index (χ4v) is 5.36. The van der Waals surface area contributed by atoms with Crippen LogP contribution < -0.4 is 15.1 Å². The number of hydrogen-bond acceptors (Lipinski definition) is 5. The van der Waals surface area contributed by atoms with Gasteiger partial charge in [0.25, 0.3) is 0 Å². The highest BCUT2D eigenvalue weighted by molar-refractivity contribution is 7.75. The standard InChI is InChI=1S/C18H13O5P/c19-11-8-9-14(20)17(10-11)24(22)18-13(5-3-6-15(18)21)12-4-1-2-7-16(12)23-24/h1-10,19-21H. The third-order valence-electron chi connectivity index (χ3n) is 3.99. The maximum atomic E-state index is 13.8. The predicted octanol–water partition coefficient (Wildman–Crippen LogP) is 3.09. The van der Waals surface area contributed by atoms with Crippen molar-refractivity contribution in [2.45, 2.75) is 0 Å². The summed E-state index contributed by atoms with van der Waals surface area (Å²) in [5.74, 6) is -0.225. The minimum absolute atomic E-state index is 0.0558. The van der Waals surface area contributed by atoms with E-state index in [0.29, 0.717) is 16.9 Å². The van der Waals surface area contributed by atoms with Crippen molar-refractivity contribution in [2.24, 2.45) is 0 Å². The van der Waals surface area contributed by atoms with E-state index in [4.69, 9.17) is 4.52 Å². The van der Waals surface area contributed by atoms with Crippen molar-refractivity contribution < 1.29 is 24.4 Å². The molecule has 0 bridgehead atoms. The summed E-state index contributed by atoms with van der Waals surface area (Å²) in [6.07, 6.45) is 0. The second-order valence-corrected chi connectivity index (χ2v) is 7.70. The van der Waals surface area contributed by atoms with Gasteiger partial charge in [0, 0.05) is 11.1 Å². The van der Waals surface area contributed by atoms with Crippen molar-refractivity contribution in [3.8, 4) is 34.1 Å². The van der Waals surface area contributed by atoms with Gasteiger partial charge in [-0.2, -0.15) is 0 Å². The fourth-order valence-electron chi connectivity index (χ4n) is 2.93. The number of phenolic OH excluding ortho intramolecular Hbond substituents is 3. The first-order valence-corrected chi connectivity index (χ1v) is 8.87. The molecule has 0 radical (unpaired) electrons. The van der Waals surface area contributed by atoms with Crippen molar-refractivity contribution in [3.05, 3.63) is 60.7 Å². The maximum Gasteiger partial charge on any atom is 0.314 e. The second kappa shape index (κ2) is 5.05. The summed E-state index contributed by atoms with van der Waals surface area (Å²) in [6, 6.07) is 15.6. The highest BCUT2D eigenvalue weighted by Crippen LogP contribution is 2.57. The van der Waals surface area contributed by atoms with Crippen LogP contribution in [0.3, 0.4) is 0 Å². The summed E-state index contributed by atoms with van der Waals surface area (Å²) < 4.78 is 19.5. The zero-order chi connectivity index (χ0) is 16.9.